The first-order chi connectivity index (χ1) is 24.1. The van der Waals surface area contributed by atoms with E-state index in [-0.39, 0.29) is 33.3 Å². The quantitative estimate of drug-likeness (QED) is 0.143. The van der Waals surface area contributed by atoms with Crippen LogP contribution in [0.1, 0.15) is 139 Å². The van der Waals surface area contributed by atoms with Gasteiger partial charge in [0.15, 0.2) is 5.76 Å². The van der Waals surface area contributed by atoms with Gasteiger partial charge in [-0.05, 0) is 72.2 Å². The van der Waals surface area contributed by atoms with Crippen molar-refractivity contribution in [1.29, 1.82) is 0 Å². The van der Waals surface area contributed by atoms with Crippen LogP contribution in [-0.4, -0.2) is 18.7 Å². The van der Waals surface area contributed by atoms with Crippen LogP contribution in [0.4, 0.5) is 0 Å². The molecule has 0 atom stereocenters. The molecule has 272 valence electrons. The largest absolute Gasteiger partial charge is 0.492 e. The molecule has 0 N–H and O–H groups in total. The van der Waals surface area contributed by atoms with E-state index in [1.54, 1.807) is 0 Å². The summed E-state index contributed by atoms with van der Waals surface area (Å²) in [5, 5.41) is 0. The Morgan fingerprint density at radius 1 is 0.404 bits per heavy atom. The Balaban J connectivity index is 1.77. The minimum Gasteiger partial charge on any atom is -0.492 e. The number of allylic oxidation sites excluding steroid dienone is 4. The summed E-state index contributed by atoms with van der Waals surface area (Å²) in [4.78, 5) is 28.6. The molecule has 52 heavy (non-hydrogen) atoms. The summed E-state index contributed by atoms with van der Waals surface area (Å²) in [5.74, 6) is -1.85. The van der Waals surface area contributed by atoms with Gasteiger partial charge in [-0.25, -0.2) is 0 Å². The number of Topliss-reactive ketones (excluding diaryl/α,β-unsaturated/α-hetero) is 2. The standard InChI is InChI=1S/C49H58O3/c1-46(2,3)35-22-14-31(15-23-35)41(32-16-24-36(25-17-32)47(4,5)6)39-30-40(45(52-13)44(51)43(39)50)42(33-18-26-37(27-19-33)48(7,8)9)34-20-28-38(29-21-34)49(10,11)12/h14-30,41-42H,1-13H3. The molecule has 1 aliphatic carbocycles. The van der Waals surface area contributed by atoms with Crippen molar-refractivity contribution >= 4 is 11.6 Å². The third kappa shape index (κ3) is 8.10. The number of carbonyl (C=O) groups is 2. The Morgan fingerprint density at radius 2 is 0.673 bits per heavy atom. The van der Waals surface area contributed by atoms with Gasteiger partial charge >= 0.3 is 0 Å². The molecule has 3 nitrogen and oxygen atoms in total. The van der Waals surface area contributed by atoms with Crippen LogP contribution in [-0.2, 0) is 36.0 Å². The molecule has 0 saturated carbocycles. The minimum absolute atomic E-state index is 0.0159. The molecule has 0 heterocycles. The third-order valence-corrected chi connectivity index (χ3v) is 10.5. The summed E-state index contributed by atoms with van der Waals surface area (Å²) >= 11 is 0. The maximum atomic E-state index is 14.4. The first-order valence-corrected chi connectivity index (χ1v) is 18.6. The van der Waals surface area contributed by atoms with E-state index in [1.165, 1.54) is 29.4 Å². The summed E-state index contributed by atoms with van der Waals surface area (Å²) in [7, 11) is 1.50. The van der Waals surface area contributed by atoms with Gasteiger partial charge in [-0.3, -0.25) is 9.59 Å². The highest BCUT2D eigenvalue weighted by Gasteiger charge is 2.39. The van der Waals surface area contributed by atoms with Gasteiger partial charge < -0.3 is 4.74 Å². The first-order valence-electron chi connectivity index (χ1n) is 18.6. The second kappa shape index (κ2) is 14.1. The van der Waals surface area contributed by atoms with Gasteiger partial charge in [-0.1, -0.05) is 180 Å². The summed E-state index contributed by atoms with van der Waals surface area (Å²) in [6.45, 7) is 26.4. The van der Waals surface area contributed by atoms with Gasteiger partial charge in [0, 0.05) is 23.0 Å². The van der Waals surface area contributed by atoms with E-state index in [1.807, 2.05) is 6.08 Å². The molecule has 5 rings (SSSR count). The Kier molecular flexibility index (Phi) is 10.5. The fourth-order valence-corrected chi connectivity index (χ4v) is 7.11. The molecule has 0 saturated heterocycles. The van der Waals surface area contributed by atoms with E-state index in [4.69, 9.17) is 4.74 Å². The second-order valence-corrected chi connectivity index (χ2v) is 18.6. The van der Waals surface area contributed by atoms with Crippen LogP contribution in [0.2, 0.25) is 0 Å². The van der Waals surface area contributed by atoms with Crippen molar-refractivity contribution in [3.8, 4) is 0 Å². The number of carbonyl (C=O) groups excluding carboxylic acids is 2. The predicted molar refractivity (Wildman–Crippen MR) is 216 cm³/mol. The van der Waals surface area contributed by atoms with Gasteiger partial charge in [-0.2, -0.15) is 0 Å². The molecule has 4 aromatic rings. The molecule has 0 aliphatic heterocycles. The third-order valence-electron chi connectivity index (χ3n) is 10.5. The lowest BCUT2D eigenvalue weighted by Gasteiger charge is -2.30. The van der Waals surface area contributed by atoms with Crippen LogP contribution >= 0.6 is 0 Å². The molecule has 0 unspecified atom stereocenters. The van der Waals surface area contributed by atoms with Crippen molar-refractivity contribution in [3.05, 3.63) is 165 Å². The number of ketones is 2. The van der Waals surface area contributed by atoms with Crippen molar-refractivity contribution < 1.29 is 14.3 Å². The van der Waals surface area contributed by atoms with Gasteiger partial charge in [0.2, 0.25) is 5.78 Å². The zero-order chi connectivity index (χ0) is 38.4. The van der Waals surface area contributed by atoms with E-state index >= 15 is 0 Å². The lowest BCUT2D eigenvalue weighted by Crippen LogP contribution is -2.29. The highest BCUT2D eigenvalue weighted by Crippen LogP contribution is 2.43. The van der Waals surface area contributed by atoms with Crippen LogP contribution in [0, 0.1) is 0 Å². The zero-order valence-corrected chi connectivity index (χ0v) is 33.7. The molecule has 4 aromatic carbocycles. The SMILES string of the molecule is COC1=C(C(c2ccc(C(C)(C)C)cc2)c2ccc(C(C)(C)C)cc2)C=C(C(c2ccc(C(C)(C)C)cc2)c2ccc(C(C)(C)C)cc2)C(=O)C1=O. The molecule has 0 fully saturated rings. The van der Waals surface area contributed by atoms with Crippen LogP contribution in [0.15, 0.2) is 120 Å². The molecule has 0 radical (unpaired) electrons. The highest BCUT2D eigenvalue weighted by atomic mass is 16.5. The van der Waals surface area contributed by atoms with Gasteiger partial charge in [0.1, 0.15) is 0 Å². The topological polar surface area (TPSA) is 43.4 Å². The zero-order valence-electron chi connectivity index (χ0n) is 33.7. The maximum absolute atomic E-state index is 14.4. The van der Waals surface area contributed by atoms with Crippen molar-refractivity contribution in [1.82, 2.24) is 0 Å². The van der Waals surface area contributed by atoms with Gasteiger partial charge in [0.05, 0.1) is 7.11 Å². The number of rotatable bonds is 7. The lowest BCUT2D eigenvalue weighted by atomic mass is 9.73. The summed E-state index contributed by atoms with van der Waals surface area (Å²) in [5.41, 5.74) is 9.90. The molecule has 0 spiro atoms. The van der Waals surface area contributed by atoms with Crippen molar-refractivity contribution in [2.45, 2.75) is 117 Å². The molecular formula is C49H58O3. The molecule has 0 amide bonds. The number of hydrogen-bond acceptors (Lipinski definition) is 3. The number of benzene rings is 4. The molecule has 0 aromatic heterocycles. The normalized spacial score (nSPS) is 14.7. The van der Waals surface area contributed by atoms with Crippen LogP contribution in [0.5, 0.6) is 0 Å². The second-order valence-electron chi connectivity index (χ2n) is 18.6. The average molecular weight is 695 g/mol. The van der Waals surface area contributed by atoms with Crippen molar-refractivity contribution in [2.75, 3.05) is 7.11 Å². The molecule has 1 aliphatic rings. The van der Waals surface area contributed by atoms with Crippen LogP contribution in [0.3, 0.4) is 0 Å². The van der Waals surface area contributed by atoms with Crippen molar-refractivity contribution in [3.63, 3.8) is 0 Å². The summed E-state index contributed by atoms with van der Waals surface area (Å²) in [6.07, 6.45) is 1.96. The van der Waals surface area contributed by atoms with E-state index in [9.17, 15) is 9.59 Å². The Bertz CT molecular complexity index is 1860. The minimum atomic E-state index is -0.611. The predicted octanol–water partition coefficient (Wildman–Crippen LogP) is 11.8. The smallest absolute Gasteiger partial charge is 0.267 e. The Labute approximate surface area is 313 Å². The first kappa shape index (κ1) is 38.7. The average Bonchev–Trinajstić information content (AvgIpc) is 3.06. The molecular weight excluding hydrogens is 637 g/mol. The fourth-order valence-electron chi connectivity index (χ4n) is 7.11. The number of methoxy groups -OCH3 is 1. The van der Waals surface area contributed by atoms with Crippen LogP contribution < -0.4 is 0 Å². The number of ether oxygens (including phenoxy) is 1. The van der Waals surface area contributed by atoms with Gasteiger partial charge in [0.25, 0.3) is 5.78 Å². The van der Waals surface area contributed by atoms with E-state index in [0.717, 1.165) is 22.3 Å². The van der Waals surface area contributed by atoms with Crippen molar-refractivity contribution in [2.24, 2.45) is 0 Å². The van der Waals surface area contributed by atoms with Crippen LogP contribution in [0.25, 0.3) is 0 Å². The molecule has 0 bridgehead atoms. The van der Waals surface area contributed by atoms with E-state index < -0.39 is 17.5 Å². The monoisotopic (exact) mass is 694 g/mol. The number of hydrogen-bond donors (Lipinski definition) is 0. The Morgan fingerprint density at radius 3 is 0.923 bits per heavy atom. The Hall–Kier alpha value is -4.50. The summed E-state index contributed by atoms with van der Waals surface area (Å²) in [6, 6.07) is 34.4. The fraction of sp³-hybridized carbons (Fsp3) is 0.388. The van der Waals surface area contributed by atoms with E-state index in [0.29, 0.717) is 11.1 Å². The van der Waals surface area contributed by atoms with Gasteiger partial charge in [-0.15, -0.1) is 0 Å². The highest BCUT2D eigenvalue weighted by molar-refractivity contribution is 6.50. The molecule has 3 heteroatoms. The van der Waals surface area contributed by atoms with E-state index in [2.05, 4.69) is 180 Å². The maximum Gasteiger partial charge on any atom is 0.267 e. The summed E-state index contributed by atoms with van der Waals surface area (Å²) < 4.78 is 5.88. The lowest BCUT2D eigenvalue weighted by molar-refractivity contribution is -0.134.